The van der Waals surface area contributed by atoms with Crippen LogP contribution in [0.2, 0.25) is 0 Å². The average Bonchev–Trinajstić information content (AvgIpc) is 3.29. The molecule has 2 saturated heterocycles. The van der Waals surface area contributed by atoms with Crippen LogP contribution in [0.4, 0.5) is 0 Å². The number of hydrogen-bond donors (Lipinski definition) is 2. The molecule has 1 aromatic rings. The predicted molar refractivity (Wildman–Crippen MR) is 136 cm³/mol. The third-order valence-corrected chi connectivity index (χ3v) is 6.15. The van der Waals surface area contributed by atoms with E-state index in [0.29, 0.717) is 18.0 Å². The highest BCUT2D eigenvalue weighted by Crippen LogP contribution is 2.24. The van der Waals surface area contributed by atoms with Crippen LogP contribution in [0.3, 0.4) is 0 Å². The van der Waals surface area contributed by atoms with Gasteiger partial charge in [-0.25, -0.2) is 4.99 Å². The summed E-state index contributed by atoms with van der Waals surface area (Å²) in [4.78, 5) is 20.7. The molecule has 1 aromatic carbocycles. The van der Waals surface area contributed by atoms with Gasteiger partial charge in [-0.05, 0) is 31.7 Å². The van der Waals surface area contributed by atoms with Crippen molar-refractivity contribution >= 4 is 35.8 Å². The van der Waals surface area contributed by atoms with Crippen molar-refractivity contribution in [1.82, 2.24) is 20.4 Å². The molecule has 2 fully saturated rings. The minimum absolute atomic E-state index is 0. The SMILES string of the molecule is CC(c1ccccc1)N1CCC(NC(=NCC(=O)N(C)C)NCC2CCOC2)CC1.I. The third kappa shape index (κ3) is 8.23. The number of nitrogens with one attached hydrogen (secondary N) is 2. The number of rotatable bonds is 7. The van der Waals surface area contributed by atoms with Crippen molar-refractivity contribution in [1.29, 1.82) is 0 Å². The molecular formula is C23H38IN5O2. The monoisotopic (exact) mass is 543 g/mol. The van der Waals surface area contributed by atoms with Gasteiger partial charge in [-0.2, -0.15) is 0 Å². The van der Waals surface area contributed by atoms with E-state index in [0.717, 1.165) is 58.1 Å². The zero-order valence-corrected chi connectivity index (χ0v) is 21.4. The van der Waals surface area contributed by atoms with E-state index in [1.807, 2.05) is 0 Å². The second-order valence-corrected chi connectivity index (χ2v) is 8.60. The number of piperidine rings is 1. The van der Waals surface area contributed by atoms with Crippen LogP contribution >= 0.6 is 24.0 Å². The van der Waals surface area contributed by atoms with Crippen LogP contribution in [0.25, 0.3) is 0 Å². The lowest BCUT2D eigenvalue weighted by Gasteiger charge is -2.37. The van der Waals surface area contributed by atoms with Gasteiger partial charge in [0.25, 0.3) is 0 Å². The Balaban J connectivity index is 0.00000341. The number of ether oxygens (including phenoxy) is 1. The summed E-state index contributed by atoms with van der Waals surface area (Å²) in [6, 6.07) is 11.5. The summed E-state index contributed by atoms with van der Waals surface area (Å²) in [6.07, 6.45) is 3.20. The maximum atomic E-state index is 12.0. The number of amides is 1. The minimum atomic E-state index is 0. The number of aliphatic imine (C=N–C) groups is 1. The third-order valence-electron chi connectivity index (χ3n) is 6.15. The molecule has 2 atom stereocenters. The molecule has 0 bridgehead atoms. The van der Waals surface area contributed by atoms with Crippen LogP contribution in [0.5, 0.6) is 0 Å². The van der Waals surface area contributed by atoms with Crippen molar-refractivity contribution in [2.24, 2.45) is 10.9 Å². The number of benzene rings is 1. The van der Waals surface area contributed by atoms with Crippen molar-refractivity contribution in [2.75, 3.05) is 53.5 Å². The highest BCUT2D eigenvalue weighted by atomic mass is 127. The van der Waals surface area contributed by atoms with Gasteiger partial charge < -0.3 is 20.3 Å². The summed E-state index contributed by atoms with van der Waals surface area (Å²) < 4.78 is 5.47. The van der Waals surface area contributed by atoms with Crippen LogP contribution in [-0.4, -0.2) is 81.2 Å². The minimum Gasteiger partial charge on any atom is -0.381 e. The molecule has 2 heterocycles. The Morgan fingerprint density at radius 2 is 1.94 bits per heavy atom. The molecule has 0 saturated carbocycles. The van der Waals surface area contributed by atoms with E-state index in [2.05, 4.69) is 57.8 Å². The van der Waals surface area contributed by atoms with E-state index in [9.17, 15) is 4.79 Å². The Labute approximate surface area is 204 Å². The second-order valence-electron chi connectivity index (χ2n) is 8.60. The number of carbonyl (C=O) groups excluding carboxylic acids is 1. The summed E-state index contributed by atoms with van der Waals surface area (Å²) in [7, 11) is 3.52. The first-order chi connectivity index (χ1) is 14.5. The zero-order valence-electron chi connectivity index (χ0n) is 19.0. The number of likely N-dealkylation sites (tertiary alicyclic amines) is 1. The molecule has 0 aliphatic carbocycles. The van der Waals surface area contributed by atoms with E-state index in [1.165, 1.54) is 5.56 Å². The number of carbonyl (C=O) groups is 1. The molecule has 0 radical (unpaired) electrons. The first-order valence-corrected chi connectivity index (χ1v) is 11.1. The molecule has 3 rings (SSSR count). The van der Waals surface area contributed by atoms with Crippen molar-refractivity contribution < 1.29 is 9.53 Å². The maximum Gasteiger partial charge on any atom is 0.243 e. The molecule has 0 aromatic heterocycles. The van der Waals surface area contributed by atoms with Crippen molar-refractivity contribution in [2.45, 2.75) is 38.3 Å². The Hall–Kier alpha value is -1.39. The largest absolute Gasteiger partial charge is 0.381 e. The van der Waals surface area contributed by atoms with E-state index in [-0.39, 0.29) is 36.4 Å². The summed E-state index contributed by atoms with van der Waals surface area (Å²) >= 11 is 0. The summed E-state index contributed by atoms with van der Waals surface area (Å²) in [5.74, 6) is 1.26. The van der Waals surface area contributed by atoms with E-state index in [4.69, 9.17) is 4.74 Å². The Morgan fingerprint density at radius 1 is 1.23 bits per heavy atom. The van der Waals surface area contributed by atoms with Crippen LogP contribution in [0, 0.1) is 5.92 Å². The van der Waals surface area contributed by atoms with Crippen molar-refractivity contribution in [3.8, 4) is 0 Å². The van der Waals surface area contributed by atoms with Gasteiger partial charge in [-0.3, -0.25) is 9.69 Å². The highest BCUT2D eigenvalue weighted by Gasteiger charge is 2.24. The second kappa shape index (κ2) is 13.2. The predicted octanol–water partition coefficient (Wildman–Crippen LogP) is 2.49. The van der Waals surface area contributed by atoms with E-state index >= 15 is 0 Å². The Morgan fingerprint density at radius 3 is 2.55 bits per heavy atom. The van der Waals surface area contributed by atoms with Gasteiger partial charge in [-0.15, -0.1) is 24.0 Å². The summed E-state index contributed by atoms with van der Waals surface area (Å²) in [6.45, 7) is 7.01. The molecule has 7 nitrogen and oxygen atoms in total. The van der Waals surface area contributed by atoms with Gasteiger partial charge in [0, 0.05) is 58.3 Å². The Kier molecular flexibility index (Phi) is 11.0. The molecular weight excluding hydrogens is 505 g/mol. The molecule has 31 heavy (non-hydrogen) atoms. The molecule has 0 spiro atoms. The van der Waals surface area contributed by atoms with Crippen LogP contribution < -0.4 is 10.6 Å². The molecule has 2 aliphatic heterocycles. The normalized spacial score (nSPS) is 21.3. The fraction of sp³-hybridized carbons (Fsp3) is 0.652. The number of likely N-dealkylation sites (N-methyl/N-ethyl adjacent to an activating group) is 1. The molecule has 2 aliphatic rings. The first kappa shape index (κ1) is 25.9. The topological polar surface area (TPSA) is 69.2 Å². The lowest BCUT2D eigenvalue weighted by molar-refractivity contribution is -0.127. The van der Waals surface area contributed by atoms with E-state index in [1.54, 1.807) is 19.0 Å². The Bertz CT molecular complexity index is 686. The van der Waals surface area contributed by atoms with Crippen molar-refractivity contribution in [3.63, 3.8) is 0 Å². The summed E-state index contributed by atoms with van der Waals surface area (Å²) in [5, 5.41) is 7.01. The summed E-state index contributed by atoms with van der Waals surface area (Å²) in [5.41, 5.74) is 1.37. The first-order valence-electron chi connectivity index (χ1n) is 11.1. The van der Waals surface area contributed by atoms with Gasteiger partial charge in [0.2, 0.25) is 5.91 Å². The number of halogens is 1. The molecule has 174 valence electrons. The average molecular weight is 543 g/mol. The lowest BCUT2D eigenvalue weighted by atomic mass is 10.0. The number of guanidine groups is 1. The fourth-order valence-electron chi connectivity index (χ4n) is 3.99. The van der Waals surface area contributed by atoms with Crippen LogP contribution in [-0.2, 0) is 9.53 Å². The number of nitrogens with zero attached hydrogens (tertiary/aromatic N) is 3. The van der Waals surface area contributed by atoms with Gasteiger partial charge in [0.1, 0.15) is 6.54 Å². The smallest absolute Gasteiger partial charge is 0.243 e. The van der Waals surface area contributed by atoms with Gasteiger partial charge >= 0.3 is 0 Å². The van der Waals surface area contributed by atoms with Gasteiger partial charge in [-0.1, -0.05) is 30.3 Å². The van der Waals surface area contributed by atoms with Crippen LogP contribution in [0.1, 0.15) is 37.8 Å². The fourth-order valence-corrected chi connectivity index (χ4v) is 3.99. The van der Waals surface area contributed by atoms with Gasteiger partial charge in [0.05, 0.1) is 6.61 Å². The number of hydrogen-bond acceptors (Lipinski definition) is 4. The van der Waals surface area contributed by atoms with Gasteiger partial charge in [0.15, 0.2) is 5.96 Å². The quantitative estimate of drug-likeness (QED) is 0.314. The standard InChI is InChI=1S/C23H37N5O2.HI/c1-18(20-7-5-4-6-8-20)28-12-9-21(10-13-28)26-23(25-16-22(29)27(2)3)24-15-19-11-14-30-17-19;/h4-8,18-19,21H,9-17H2,1-3H3,(H2,24,25,26);1H. The zero-order chi connectivity index (χ0) is 21.3. The molecule has 1 amide bonds. The van der Waals surface area contributed by atoms with Crippen molar-refractivity contribution in [3.05, 3.63) is 35.9 Å². The van der Waals surface area contributed by atoms with Crippen LogP contribution in [0.15, 0.2) is 35.3 Å². The highest BCUT2D eigenvalue weighted by molar-refractivity contribution is 14.0. The lowest BCUT2D eigenvalue weighted by Crippen LogP contribution is -2.50. The molecule has 2 unspecified atom stereocenters. The molecule has 2 N–H and O–H groups in total. The molecule has 8 heteroatoms. The maximum absolute atomic E-state index is 12.0. The van der Waals surface area contributed by atoms with E-state index < -0.39 is 0 Å².